The van der Waals surface area contributed by atoms with E-state index in [-0.39, 0.29) is 51.4 Å². The molecule has 15 nitrogen and oxygen atoms in total. The summed E-state index contributed by atoms with van der Waals surface area (Å²) in [6.45, 7) is 5.15. The molecule has 0 saturated heterocycles. The number of aromatic hydroxyl groups is 1. The summed E-state index contributed by atoms with van der Waals surface area (Å²) in [5.74, 6) is -3.69. The number of benzene rings is 3. The molecule has 15 heteroatoms. The lowest BCUT2D eigenvalue weighted by molar-refractivity contribution is -0.134. The van der Waals surface area contributed by atoms with Gasteiger partial charge in [0, 0.05) is 43.2 Å². The summed E-state index contributed by atoms with van der Waals surface area (Å²) < 4.78 is 5.92. The van der Waals surface area contributed by atoms with Gasteiger partial charge in [-0.15, -0.1) is 0 Å². The Hall–Kier alpha value is -5.98. The molecule has 286 valence electrons. The second-order valence-corrected chi connectivity index (χ2v) is 13.3. The Morgan fingerprint density at radius 3 is 2.46 bits per heavy atom. The quantitative estimate of drug-likeness (QED) is 0.129. The maximum Gasteiger partial charge on any atom is 0.252 e. The first-order valence-corrected chi connectivity index (χ1v) is 17.7. The highest BCUT2D eigenvalue weighted by Gasteiger charge is 2.32. The molecule has 4 bridgehead atoms. The molecular weight excluding hydrogens is 692 g/mol. The lowest BCUT2D eigenvalue weighted by atomic mass is 9.91. The fourth-order valence-electron chi connectivity index (χ4n) is 6.26. The number of carbonyl (C=O) groups excluding carboxylic acids is 5. The standard InChI is InChI=1S/C39H48N8O7/c1-22-5-8-27(23(2)17-22)36(50)45-31(11-12-40)39(53)47(4)21-30-26-7-9-33(48)28(20-26)29-18-25(6-10-34(29)54-16-14-42)19-32(38(52)43-15-13-41)46-35(49)24(3)44-37(30)51/h5-10,17-18,20,24,30-32,48H,11-12,14-16,19,21,40,42H2,1-4H3,(H,43,52)(H,44,51)(H,45,50)(H,46,49)/t24-,30-,31-,32-/m0/s1. The number of nitrogens with zero attached hydrogens (tertiary/aromatic N) is 2. The van der Waals surface area contributed by atoms with Crippen molar-refractivity contribution in [3.63, 3.8) is 0 Å². The number of nitriles is 1. The number of amides is 5. The molecule has 1 heterocycles. The minimum absolute atomic E-state index is 0.00775. The molecule has 0 aliphatic carbocycles. The molecular formula is C39H48N8O7. The van der Waals surface area contributed by atoms with Crippen LogP contribution in [-0.4, -0.2) is 97.5 Å². The number of aryl methyl sites for hydroxylation is 2. The second-order valence-electron chi connectivity index (χ2n) is 13.3. The van der Waals surface area contributed by atoms with Gasteiger partial charge in [-0.3, -0.25) is 24.0 Å². The first-order valence-electron chi connectivity index (χ1n) is 17.7. The summed E-state index contributed by atoms with van der Waals surface area (Å²) in [6.07, 6.45) is 0.135. The minimum atomic E-state index is -1.13. The topological polar surface area (TPSA) is 242 Å². The lowest BCUT2D eigenvalue weighted by Crippen LogP contribution is -2.54. The molecule has 0 unspecified atom stereocenters. The van der Waals surface area contributed by atoms with Gasteiger partial charge in [-0.05, 0) is 80.8 Å². The predicted octanol–water partition coefficient (Wildman–Crippen LogP) is 0.888. The number of fused-ring (bicyclic) bond motifs is 5. The van der Waals surface area contributed by atoms with E-state index in [4.69, 9.17) is 21.5 Å². The van der Waals surface area contributed by atoms with Gasteiger partial charge in [0.15, 0.2) is 0 Å². The summed E-state index contributed by atoms with van der Waals surface area (Å²) in [5, 5.41) is 30.9. The molecule has 0 saturated carbocycles. The number of ether oxygens (including phenoxy) is 1. The normalized spacial score (nSPS) is 17.5. The van der Waals surface area contributed by atoms with Crippen LogP contribution in [0.1, 0.15) is 51.9 Å². The summed E-state index contributed by atoms with van der Waals surface area (Å²) in [5.41, 5.74) is 15.4. The zero-order valence-corrected chi connectivity index (χ0v) is 30.9. The summed E-state index contributed by atoms with van der Waals surface area (Å²) in [4.78, 5) is 69.2. The van der Waals surface area contributed by atoms with Gasteiger partial charge in [-0.1, -0.05) is 29.8 Å². The summed E-state index contributed by atoms with van der Waals surface area (Å²) >= 11 is 0. The molecule has 54 heavy (non-hydrogen) atoms. The minimum Gasteiger partial charge on any atom is -0.507 e. The summed E-state index contributed by atoms with van der Waals surface area (Å²) in [7, 11) is 1.50. The van der Waals surface area contributed by atoms with Crippen LogP contribution >= 0.6 is 0 Å². The molecule has 9 N–H and O–H groups in total. The van der Waals surface area contributed by atoms with Crippen molar-refractivity contribution < 1.29 is 33.8 Å². The monoisotopic (exact) mass is 740 g/mol. The van der Waals surface area contributed by atoms with Gasteiger partial charge >= 0.3 is 0 Å². The van der Waals surface area contributed by atoms with Crippen molar-refractivity contribution >= 4 is 29.5 Å². The van der Waals surface area contributed by atoms with E-state index in [9.17, 15) is 29.1 Å². The van der Waals surface area contributed by atoms with Crippen molar-refractivity contribution in [3.8, 4) is 28.7 Å². The molecule has 3 aromatic rings. The molecule has 1 aliphatic rings. The highest BCUT2D eigenvalue weighted by molar-refractivity contribution is 5.99. The van der Waals surface area contributed by atoms with Crippen LogP contribution in [-0.2, 0) is 25.6 Å². The van der Waals surface area contributed by atoms with Crippen molar-refractivity contribution in [2.24, 2.45) is 11.5 Å². The zero-order chi connectivity index (χ0) is 39.5. The van der Waals surface area contributed by atoms with E-state index in [0.717, 1.165) is 11.1 Å². The number of phenolic OH excluding ortho intramolecular Hbond substituents is 1. The van der Waals surface area contributed by atoms with Crippen LogP contribution in [0.15, 0.2) is 54.6 Å². The van der Waals surface area contributed by atoms with Crippen LogP contribution in [0.25, 0.3) is 11.1 Å². The van der Waals surface area contributed by atoms with Crippen LogP contribution in [0, 0.1) is 25.2 Å². The maximum atomic E-state index is 14.1. The van der Waals surface area contributed by atoms with Crippen molar-refractivity contribution in [3.05, 3.63) is 82.4 Å². The number of nitrogens with two attached hydrogens (primary N) is 2. The van der Waals surface area contributed by atoms with Crippen LogP contribution < -0.4 is 37.5 Å². The molecule has 1 aliphatic heterocycles. The fourth-order valence-corrected chi connectivity index (χ4v) is 6.26. The van der Waals surface area contributed by atoms with Gasteiger partial charge in [0.1, 0.15) is 42.8 Å². The van der Waals surface area contributed by atoms with Crippen LogP contribution in [0.3, 0.4) is 0 Å². The Balaban J connectivity index is 1.76. The molecule has 0 fully saturated rings. The van der Waals surface area contributed by atoms with Crippen molar-refractivity contribution in [1.82, 2.24) is 26.2 Å². The van der Waals surface area contributed by atoms with E-state index in [1.165, 1.54) is 24.9 Å². The van der Waals surface area contributed by atoms with E-state index in [2.05, 4.69) is 21.3 Å². The number of hydrogen-bond acceptors (Lipinski definition) is 10. The van der Waals surface area contributed by atoms with Gasteiger partial charge in [0.25, 0.3) is 5.91 Å². The molecule has 5 amide bonds. The third-order valence-corrected chi connectivity index (χ3v) is 9.13. The SMILES string of the molecule is Cc1ccc(C(=O)N[C@@H](CCN)C(=O)N(C)C[C@@H]2C(=O)N[C@@H](C)C(=O)N[C@H](C(=O)NCC#N)Cc3ccc(OCCN)c(c3)-c3cc2ccc3O)c(C)c1. The number of carbonyl (C=O) groups is 5. The number of hydrogen-bond donors (Lipinski definition) is 7. The number of rotatable bonds is 12. The Bertz CT molecular complexity index is 1930. The van der Waals surface area contributed by atoms with E-state index in [1.54, 1.807) is 49.4 Å². The first-order chi connectivity index (χ1) is 25.8. The van der Waals surface area contributed by atoms with Gasteiger partial charge in [0.05, 0.1) is 12.0 Å². The number of likely N-dealkylation sites (N-methyl/N-ethyl adjacent to an activating group) is 1. The van der Waals surface area contributed by atoms with Crippen LogP contribution in [0.2, 0.25) is 0 Å². The van der Waals surface area contributed by atoms with E-state index in [1.807, 2.05) is 19.1 Å². The van der Waals surface area contributed by atoms with Gasteiger partial charge in [-0.25, -0.2) is 0 Å². The number of phenols is 1. The highest BCUT2D eigenvalue weighted by atomic mass is 16.5. The second kappa shape index (κ2) is 18.7. The first kappa shape index (κ1) is 40.8. The maximum absolute atomic E-state index is 14.1. The average Bonchev–Trinajstić information content (AvgIpc) is 3.14. The third-order valence-electron chi connectivity index (χ3n) is 9.13. The molecule has 4 atom stereocenters. The van der Waals surface area contributed by atoms with E-state index < -0.39 is 53.6 Å². The smallest absolute Gasteiger partial charge is 0.252 e. The third kappa shape index (κ3) is 10.1. The van der Waals surface area contributed by atoms with E-state index in [0.29, 0.717) is 33.6 Å². The molecule has 0 radical (unpaired) electrons. The van der Waals surface area contributed by atoms with Crippen molar-refractivity contribution in [2.45, 2.75) is 57.7 Å². The van der Waals surface area contributed by atoms with Crippen LogP contribution in [0.4, 0.5) is 0 Å². The Morgan fingerprint density at radius 2 is 1.78 bits per heavy atom. The van der Waals surface area contributed by atoms with Crippen LogP contribution in [0.5, 0.6) is 11.5 Å². The lowest BCUT2D eigenvalue weighted by Gasteiger charge is -2.29. The Kier molecular flexibility index (Phi) is 14.1. The molecule has 4 rings (SSSR count). The molecule has 0 aromatic heterocycles. The highest BCUT2D eigenvalue weighted by Crippen LogP contribution is 2.39. The molecule has 0 spiro atoms. The zero-order valence-electron chi connectivity index (χ0n) is 30.9. The van der Waals surface area contributed by atoms with Gasteiger partial charge < -0.3 is 47.5 Å². The van der Waals surface area contributed by atoms with Gasteiger partial charge in [-0.2, -0.15) is 5.26 Å². The largest absolute Gasteiger partial charge is 0.507 e. The Labute approximate surface area is 314 Å². The van der Waals surface area contributed by atoms with Crippen molar-refractivity contribution in [1.29, 1.82) is 5.26 Å². The fraction of sp³-hybridized carbons (Fsp3) is 0.385. The van der Waals surface area contributed by atoms with E-state index >= 15 is 0 Å². The summed E-state index contributed by atoms with van der Waals surface area (Å²) in [6, 6.07) is 13.6. The average molecular weight is 741 g/mol. The van der Waals surface area contributed by atoms with Crippen molar-refractivity contribution in [2.75, 3.05) is 39.8 Å². The Morgan fingerprint density at radius 1 is 1.02 bits per heavy atom. The molecule has 3 aromatic carbocycles. The predicted molar refractivity (Wildman–Crippen MR) is 201 cm³/mol. The van der Waals surface area contributed by atoms with Gasteiger partial charge in [0.2, 0.25) is 23.6 Å². The number of nitrogens with one attached hydrogen (secondary N) is 4.